The van der Waals surface area contributed by atoms with Crippen LogP contribution >= 0.6 is 0 Å². The van der Waals surface area contributed by atoms with Gasteiger partial charge < -0.3 is 16.2 Å². The average Bonchev–Trinajstić information content (AvgIpc) is 2.90. The standard InChI is InChI=1S/C15H20N4O2/c1-10(2)19-9-12(8-17-19)18-15(21)14(16)7-11-3-5-13(20)6-4-11/h3-6,8-10,14,20H,7,16H2,1-2H3,(H,18,21)/t14-/m1/s1. The summed E-state index contributed by atoms with van der Waals surface area (Å²) in [5.74, 6) is -0.0655. The van der Waals surface area contributed by atoms with E-state index in [4.69, 9.17) is 5.73 Å². The van der Waals surface area contributed by atoms with Crippen LogP contribution in [0.1, 0.15) is 25.5 Å². The summed E-state index contributed by atoms with van der Waals surface area (Å²) in [6, 6.07) is 6.23. The first-order valence-electron chi connectivity index (χ1n) is 6.84. The number of hydrogen-bond donors (Lipinski definition) is 3. The minimum absolute atomic E-state index is 0.192. The molecule has 2 rings (SSSR count). The third kappa shape index (κ3) is 4.06. The molecule has 21 heavy (non-hydrogen) atoms. The van der Waals surface area contributed by atoms with Gasteiger partial charge in [0.1, 0.15) is 5.75 Å². The normalized spacial score (nSPS) is 12.4. The lowest BCUT2D eigenvalue weighted by atomic mass is 10.1. The first kappa shape index (κ1) is 15.1. The number of anilines is 1. The fraction of sp³-hybridized carbons (Fsp3) is 0.333. The molecule has 1 amide bonds. The number of amides is 1. The van der Waals surface area contributed by atoms with Crippen LogP contribution in [0, 0.1) is 0 Å². The number of phenols is 1. The molecule has 6 heteroatoms. The van der Waals surface area contributed by atoms with Gasteiger partial charge in [-0.25, -0.2) is 0 Å². The van der Waals surface area contributed by atoms with Crippen LogP contribution in [0.3, 0.4) is 0 Å². The molecule has 0 bridgehead atoms. The molecule has 0 spiro atoms. The predicted molar refractivity (Wildman–Crippen MR) is 81.0 cm³/mol. The molecule has 6 nitrogen and oxygen atoms in total. The molecular formula is C15H20N4O2. The highest BCUT2D eigenvalue weighted by molar-refractivity contribution is 5.94. The Morgan fingerprint density at radius 2 is 2.05 bits per heavy atom. The van der Waals surface area contributed by atoms with E-state index >= 15 is 0 Å². The van der Waals surface area contributed by atoms with E-state index in [0.717, 1.165) is 5.56 Å². The molecule has 0 fully saturated rings. The van der Waals surface area contributed by atoms with Crippen LogP contribution in [0.15, 0.2) is 36.7 Å². The van der Waals surface area contributed by atoms with Crippen LogP contribution in [0.25, 0.3) is 0 Å². The van der Waals surface area contributed by atoms with Crippen molar-refractivity contribution in [1.82, 2.24) is 9.78 Å². The number of phenolic OH excluding ortho intramolecular Hbond substituents is 1. The maximum atomic E-state index is 12.0. The van der Waals surface area contributed by atoms with E-state index in [9.17, 15) is 9.90 Å². The molecule has 0 aliphatic carbocycles. The minimum Gasteiger partial charge on any atom is -0.508 e. The summed E-state index contributed by atoms with van der Waals surface area (Å²) in [4.78, 5) is 12.0. The lowest BCUT2D eigenvalue weighted by molar-refractivity contribution is -0.117. The second-order valence-electron chi connectivity index (χ2n) is 5.27. The van der Waals surface area contributed by atoms with Crippen LogP contribution in [-0.2, 0) is 11.2 Å². The number of nitrogens with one attached hydrogen (secondary N) is 1. The lowest BCUT2D eigenvalue weighted by Gasteiger charge is -2.11. The van der Waals surface area contributed by atoms with Crippen LogP contribution < -0.4 is 11.1 Å². The third-order valence-corrected chi connectivity index (χ3v) is 3.13. The van der Waals surface area contributed by atoms with Crippen LogP contribution in [-0.4, -0.2) is 26.8 Å². The number of benzene rings is 1. The van der Waals surface area contributed by atoms with E-state index in [0.29, 0.717) is 12.1 Å². The van der Waals surface area contributed by atoms with Crippen molar-refractivity contribution in [1.29, 1.82) is 0 Å². The third-order valence-electron chi connectivity index (χ3n) is 3.13. The summed E-state index contributed by atoms with van der Waals surface area (Å²) in [6.45, 7) is 4.02. The second-order valence-corrected chi connectivity index (χ2v) is 5.27. The van der Waals surface area contributed by atoms with Crippen molar-refractivity contribution >= 4 is 11.6 Å². The smallest absolute Gasteiger partial charge is 0.241 e. The van der Waals surface area contributed by atoms with Gasteiger partial charge in [-0.1, -0.05) is 12.1 Å². The number of carbonyl (C=O) groups is 1. The van der Waals surface area contributed by atoms with E-state index in [2.05, 4.69) is 10.4 Å². The maximum absolute atomic E-state index is 12.0. The molecule has 0 aliphatic rings. The van der Waals surface area contributed by atoms with E-state index in [1.807, 2.05) is 13.8 Å². The Balaban J connectivity index is 1.94. The number of nitrogens with zero attached hydrogens (tertiary/aromatic N) is 2. The summed E-state index contributed by atoms with van der Waals surface area (Å²) in [6.07, 6.45) is 3.78. The zero-order chi connectivity index (χ0) is 15.4. The van der Waals surface area contributed by atoms with Crippen molar-refractivity contribution < 1.29 is 9.90 Å². The fourth-order valence-electron chi connectivity index (χ4n) is 1.90. The van der Waals surface area contributed by atoms with Crippen molar-refractivity contribution in [2.75, 3.05) is 5.32 Å². The summed E-state index contributed by atoms with van der Waals surface area (Å²) >= 11 is 0. The number of carbonyl (C=O) groups excluding carboxylic acids is 1. The second kappa shape index (κ2) is 6.41. The molecule has 1 aromatic carbocycles. The van der Waals surface area contributed by atoms with Crippen LogP contribution in [0.2, 0.25) is 0 Å². The molecule has 112 valence electrons. The van der Waals surface area contributed by atoms with Crippen molar-refractivity contribution in [3.63, 3.8) is 0 Å². The number of aromatic nitrogens is 2. The van der Waals surface area contributed by atoms with Gasteiger partial charge in [-0.3, -0.25) is 9.48 Å². The summed E-state index contributed by atoms with van der Waals surface area (Å²) < 4.78 is 1.76. The number of rotatable bonds is 5. The number of aromatic hydroxyl groups is 1. The summed E-state index contributed by atoms with van der Waals surface area (Å²) in [5.41, 5.74) is 7.43. The van der Waals surface area contributed by atoms with E-state index in [1.165, 1.54) is 0 Å². The van der Waals surface area contributed by atoms with E-state index < -0.39 is 6.04 Å². The van der Waals surface area contributed by atoms with Crippen molar-refractivity contribution in [2.45, 2.75) is 32.4 Å². The Morgan fingerprint density at radius 1 is 1.38 bits per heavy atom. The molecule has 0 saturated carbocycles. The highest BCUT2D eigenvalue weighted by Gasteiger charge is 2.15. The van der Waals surface area contributed by atoms with Gasteiger partial charge in [0.15, 0.2) is 0 Å². The highest BCUT2D eigenvalue weighted by atomic mass is 16.3. The summed E-state index contributed by atoms with van der Waals surface area (Å²) in [7, 11) is 0. The molecule has 2 aromatic rings. The topological polar surface area (TPSA) is 93.2 Å². The van der Waals surface area contributed by atoms with Crippen LogP contribution in [0.4, 0.5) is 5.69 Å². The largest absolute Gasteiger partial charge is 0.508 e. The lowest BCUT2D eigenvalue weighted by Crippen LogP contribution is -2.37. The zero-order valence-electron chi connectivity index (χ0n) is 12.2. The van der Waals surface area contributed by atoms with E-state index in [-0.39, 0.29) is 17.7 Å². The Morgan fingerprint density at radius 3 is 2.62 bits per heavy atom. The molecule has 4 N–H and O–H groups in total. The molecule has 0 aliphatic heterocycles. The van der Waals surface area contributed by atoms with Gasteiger partial charge in [-0.2, -0.15) is 5.10 Å². The van der Waals surface area contributed by atoms with Gasteiger partial charge in [0.05, 0.1) is 17.9 Å². The van der Waals surface area contributed by atoms with Crippen molar-refractivity contribution in [3.8, 4) is 5.75 Å². The van der Waals surface area contributed by atoms with E-state index in [1.54, 1.807) is 41.3 Å². The number of hydrogen-bond acceptors (Lipinski definition) is 4. The summed E-state index contributed by atoms with van der Waals surface area (Å²) in [5, 5.41) is 16.1. The molecular weight excluding hydrogens is 268 g/mol. The highest BCUT2D eigenvalue weighted by Crippen LogP contribution is 2.13. The Bertz CT molecular complexity index is 604. The SMILES string of the molecule is CC(C)n1cc(NC(=O)[C@H](N)Cc2ccc(O)cc2)cn1. The molecule has 1 heterocycles. The molecule has 0 radical (unpaired) electrons. The fourth-order valence-corrected chi connectivity index (χ4v) is 1.90. The van der Waals surface area contributed by atoms with Crippen molar-refractivity contribution in [2.24, 2.45) is 5.73 Å². The zero-order valence-corrected chi connectivity index (χ0v) is 12.2. The Labute approximate surface area is 123 Å². The van der Waals surface area contributed by atoms with Gasteiger partial charge >= 0.3 is 0 Å². The predicted octanol–water partition coefficient (Wildman–Crippen LogP) is 1.68. The Hall–Kier alpha value is -2.34. The monoisotopic (exact) mass is 288 g/mol. The first-order valence-corrected chi connectivity index (χ1v) is 6.84. The molecule has 0 saturated heterocycles. The first-order chi connectivity index (χ1) is 9.95. The maximum Gasteiger partial charge on any atom is 0.241 e. The van der Waals surface area contributed by atoms with Gasteiger partial charge in [0, 0.05) is 12.2 Å². The molecule has 1 atom stereocenters. The quantitative estimate of drug-likeness (QED) is 0.780. The average molecular weight is 288 g/mol. The minimum atomic E-state index is -0.656. The van der Waals surface area contributed by atoms with Crippen molar-refractivity contribution in [3.05, 3.63) is 42.2 Å². The van der Waals surface area contributed by atoms with Gasteiger partial charge in [0.2, 0.25) is 5.91 Å². The number of nitrogens with two attached hydrogens (primary N) is 1. The van der Waals surface area contributed by atoms with Gasteiger partial charge in [-0.15, -0.1) is 0 Å². The Kier molecular flexibility index (Phi) is 4.59. The molecule has 1 aromatic heterocycles. The molecule has 0 unspecified atom stereocenters. The van der Waals surface area contributed by atoms with Crippen LogP contribution in [0.5, 0.6) is 5.75 Å². The van der Waals surface area contributed by atoms with Gasteiger partial charge in [-0.05, 0) is 38.0 Å². The van der Waals surface area contributed by atoms with Gasteiger partial charge in [0.25, 0.3) is 0 Å².